The molecule has 2 amide bonds. The number of carboxylic acid groups (broad SMARTS) is 1. The van der Waals surface area contributed by atoms with Crippen molar-refractivity contribution in [3.8, 4) is 0 Å². The predicted molar refractivity (Wildman–Crippen MR) is 83.9 cm³/mol. The molecule has 2 aliphatic rings. The number of nitrogens with zero attached hydrogens (tertiary/aromatic N) is 2. The zero-order valence-corrected chi connectivity index (χ0v) is 13.3. The molecule has 24 heavy (non-hydrogen) atoms. The van der Waals surface area contributed by atoms with Crippen molar-refractivity contribution >= 4 is 17.8 Å². The molecule has 1 aromatic rings. The number of carbonyl (C=O) groups excluding carboxylic acids is 2. The lowest BCUT2D eigenvalue weighted by atomic mass is 10.1. The Balaban J connectivity index is 1.73. The maximum Gasteiger partial charge on any atom is 0.308 e. The minimum atomic E-state index is -0.887. The molecule has 2 heterocycles. The molecule has 128 valence electrons. The van der Waals surface area contributed by atoms with Crippen LogP contribution < -0.4 is 0 Å². The Morgan fingerprint density at radius 3 is 2.67 bits per heavy atom. The van der Waals surface area contributed by atoms with E-state index in [1.807, 2.05) is 30.3 Å². The van der Waals surface area contributed by atoms with Crippen LogP contribution in [0.25, 0.3) is 0 Å². The van der Waals surface area contributed by atoms with Gasteiger partial charge in [0.05, 0.1) is 12.5 Å². The Labute approximate surface area is 139 Å². The molecule has 1 unspecified atom stereocenters. The summed E-state index contributed by atoms with van der Waals surface area (Å²) in [7, 11) is 0. The van der Waals surface area contributed by atoms with Crippen molar-refractivity contribution in [2.45, 2.75) is 19.0 Å². The van der Waals surface area contributed by atoms with Crippen molar-refractivity contribution in [1.82, 2.24) is 9.80 Å². The van der Waals surface area contributed by atoms with Crippen molar-refractivity contribution in [1.29, 1.82) is 0 Å². The number of morpholine rings is 1. The molecule has 2 fully saturated rings. The van der Waals surface area contributed by atoms with Crippen LogP contribution in [0.2, 0.25) is 0 Å². The molecular weight excluding hydrogens is 312 g/mol. The summed E-state index contributed by atoms with van der Waals surface area (Å²) in [5.41, 5.74) is 0.940. The normalized spacial score (nSPS) is 24.2. The number of amides is 2. The van der Waals surface area contributed by atoms with Crippen LogP contribution in [0.4, 0.5) is 0 Å². The van der Waals surface area contributed by atoms with Gasteiger partial charge in [-0.25, -0.2) is 0 Å². The van der Waals surface area contributed by atoms with Gasteiger partial charge in [0.2, 0.25) is 11.8 Å². The number of carboxylic acids is 1. The monoisotopic (exact) mass is 332 g/mol. The van der Waals surface area contributed by atoms with Crippen molar-refractivity contribution in [2.24, 2.45) is 5.92 Å². The molecule has 2 aliphatic heterocycles. The Hall–Kier alpha value is -2.41. The molecule has 1 aromatic carbocycles. The SMILES string of the molecule is O=C(O)C1CCN(C(=O)[C@H]2COCC(=O)N2Cc2ccccc2)C1. The zero-order chi connectivity index (χ0) is 17.1. The van der Waals surface area contributed by atoms with Gasteiger partial charge in [-0.1, -0.05) is 30.3 Å². The van der Waals surface area contributed by atoms with Crippen molar-refractivity contribution in [3.63, 3.8) is 0 Å². The lowest BCUT2D eigenvalue weighted by molar-refractivity contribution is -0.159. The molecule has 2 atom stereocenters. The van der Waals surface area contributed by atoms with Crippen LogP contribution in [0.1, 0.15) is 12.0 Å². The van der Waals surface area contributed by atoms with Gasteiger partial charge in [-0.15, -0.1) is 0 Å². The van der Waals surface area contributed by atoms with Gasteiger partial charge in [0.1, 0.15) is 12.6 Å². The number of hydrogen-bond acceptors (Lipinski definition) is 4. The van der Waals surface area contributed by atoms with Crippen LogP contribution in [0.3, 0.4) is 0 Å². The molecule has 0 bridgehead atoms. The molecule has 0 spiro atoms. The molecule has 0 saturated carbocycles. The molecule has 7 heteroatoms. The first kappa shape index (κ1) is 16.4. The average Bonchev–Trinajstić information content (AvgIpc) is 3.07. The van der Waals surface area contributed by atoms with Gasteiger partial charge in [0.25, 0.3) is 0 Å². The first-order valence-corrected chi connectivity index (χ1v) is 7.99. The second-order valence-corrected chi connectivity index (χ2v) is 6.15. The van der Waals surface area contributed by atoms with Gasteiger partial charge in [-0.3, -0.25) is 14.4 Å². The summed E-state index contributed by atoms with van der Waals surface area (Å²) in [5.74, 6) is -1.88. The largest absolute Gasteiger partial charge is 0.481 e. The third-order valence-electron chi connectivity index (χ3n) is 4.53. The van der Waals surface area contributed by atoms with E-state index in [1.165, 1.54) is 9.80 Å². The van der Waals surface area contributed by atoms with Gasteiger partial charge in [0.15, 0.2) is 0 Å². The second kappa shape index (κ2) is 7.00. The average molecular weight is 332 g/mol. The van der Waals surface area contributed by atoms with Gasteiger partial charge in [-0.05, 0) is 12.0 Å². The first-order valence-electron chi connectivity index (χ1n) is 7.99. The topological polar surface area (TPSA) is 87.1 Å². The summed E-state index contributed by atoms with van der Waals surface area (Å²) >= 11 is 0. The van der Waals surface area contributed by atoms with Crippen LogP contribution >= 0.6 is 0 Å². The number of benzene rings is 1. The van der Waals surface area contributed by atoms with Gasteiger partial charge in [0, 0.05) is 19.6 Å². The summed E-state index contributed by atoms with van der Waals surface area (Å²) in [5, 5.41) is 9.08. The highest BCUT2D eigenvalue weighted by Crippen LogP contribution is 2.21. The van der Waals surface area contributed by atoms with Crippen LogP contribution in [0.15, 0.2) is 30.3 Å². The lowest BCUT2D eigenvalue weighted by Crippen LogP contribution is -2.56. The Morgan fingerprint density at radius 1 is 1.25 bits per heavy atom. The Bertz CT molecular complexity index is 633. The predicted octanol–water partition coefficient (Wildman–Crippen LogP) is 0.347. The minimum absolute atomic E-state index is 0.0334. The van der Waals surface area contributed by atoms with Crippen molar-refractivity contribution in [3.05, 3.63) is 35.9 Å². The smallest absolute Gasteiger partial charge is 0.308 e. The van der Waals surface area contributed by atoms with Crippen LogP contribution in [0.5, 0.6) is 0 Å². The van der Waals surface area contributed by atoms with Gasteiger partial charge >= 0.3 is 5.97 Å². The number of hydrogen-bond donors (Lipinski definition) is 1. The molecule has 3 rings (SSSR count). The van der Waals surface area contributed by atoms with Crippen LogP contribution in [-0.2, 0) is 25.7 Å². The van der Waals surface area contributed by atoms with E-state index < -0.39 is 17.9 Å². The summed E-state index contributed by atoms with van der Waals surface area (Å²) < 4.78 is 5.26. The maximum atomic E-state index is 12.8. The maximum absolute atomic E-state index is 12.8. The Morgan fingerprint density at radius 2 is 2.00 bits per heavy atom. The fourth-order valence-electron chi connectivity index (χ4n) is 3.16. The van der Waals surface area contributed by atoms with E-state index in [4.69, 9.17) is 9.84 Å². The van der Waals surface area contributed by atoms with E-state index >= 15 is 0 Å². The molecule has 0 aromatic heterocycles. The molecule has 1 N–H and O–H groups in total. The lowest BCUT2D eigenvalue weighted by Gasteiger charge is -2.36. The standard InChI is InChI=1S/C17H20N2O5/c20-15-11-24-10-14(19(15)8-12-4-2-1-3-5-12)16(21)18-7-6-13(9-18)17(22)23/h1-5,13-14H,6-11H2,(H,22,23)/t13?,14-/m1/s1. The number of ether oxygens (including phenoxy) is 1. The van der Waals surface area contributed by atoms with Crippen molar-refractivity contribution < 1.29 is 24.2 Å². The summed E-state index contributed by atoms with van der Waals surface area (Å²) in [4.78, 5) is 39.2. The third kappa shape index (κ3) is 3.41. The second-order valence-electron chi connectivity index (χ2n) is 6.15. The summed E-state index contributed by atoms with van der Waals surface area (Å²) in [6.45, 7) is 1.05. The van der Waals surface area contributed by atoms with Crippen LogP contribution in [-0.4, -0.2) is 65.0 Å². The first-order chi connectivity index (χ1) is 11.6. The number of aliphatic carboxylic acids is 1. The highest BCUT2D eigenvalue weighted by atomic mass is 16.5. The van der Waals surface area contributed by atoms with Gasteiger partial charge in [-0.2, -0.15) is 0 Å². The summed E-state index contributed by atoms with van der Waals surface area (Å²) in [6, 6.07) is 8.77. The fourth-order valence-corrected chi connectivity index (χ4v) is 3.16. The zero-order valence-electron chi connectivity index (χ0n) is 13.3. The number of likely N-dealkylation sites (tertiary alicyclic amines) is 1. The molecule has 2 saturated heterocycles. The Kier molecular flexibility index (Phi) is 4.80. The third-order valence-corrected chi connectivity index (χ3v) is 4.53. The summed E-state index contributed by atoms with van der Waals surface area (Å²) in [6.07, 6.45) is 0.446. The molecule has 7 nitrogen and oxygen atoms in total. The molecular formula is C17H20N2O5. The highest BCUT2D eigenvalue weighted by Gasteiger charge is 2.39. The van der Waals surface area contributed by atoms with Gasteiger partial charge < -0.3 is 19.6 Å². The van der Waals surface area contributed by atoms with E-state index in [0.717, 1.165) is 5.56 Å². The van der Waals surface area contributed by atoms with E-state index in [0.29, 0.717) is 19.5 Å². The minimum Gasteiger partial charge on any atom is -0.481 e. The molecule has 0 radical (unpaired) electrons. The molecule has 0 aliphatic carbocycles. The van der Waals surface area contributed by atoms with Crippen molar-refractivity contribution in [2.75, 3.05) is 26.3 Å². The highest BCUT2D eigenvalue weighted by molar-refractivity contribution is 5.89. The fraction of sp³-hybridized carbons (Fsp3) is 0.471. The van der Waals surface area contributed by atoms with Crippen LogP contribution in [0, 0.1) is 5.92 Å². The van der Waals surface area contributed by atoms with E-state index in [1.54, 1.807) is 0 Å². The van der Waals surface area contributed by atoms with E-state index in [-0.39, 0.29) is 31.6 Å². The quantitative estimate of drug-likeness (QED) is 0.859. The number of rotatable bonds is 4. The number of carbonyl (C=O) groups is 3. The van der Waals surface area contributed by atoms with E-state index in [2.05, 4.69) is 0 Å². The van der Waals surface area contributed by atoms with E-state index in [9.17, 15) is 14.4 Å².